The summed E-state index contributed by atoms with van der Waals surface area (Å²) in [5.41, 5.74) is -1.25. The average molecular weight is 432 g/mol. The van der Waals surface area contributed by atoms with E-state index in [0.717, 1.165) is 24.5 Å². The maximum Gasteiger partial charge on any atom is 0.433 e. The number of halogens is 5. The Morgan fingerprint density at radius 2 is 1.86 bits per heavy atom. The van der Waals surface area contributed by atoms with Gasteiger partial charge in [-0.15, -0.1) is 0 Å². The first-order valence-electron chi connectivity index (χ1n) is 7.51. The second-order valence-electron chi connectivity index (χ2n) is 5.54. The molecule has 0 atom stereocenters. The van der Waals surface area contributed by atoms with E-state index in [0.29, 0.717) is 4.73 Å². The minimum absolute atomic E-state index is 0.0524. The van der Waals surface area contributed by atoms with Crippen molar-refractivity contribution in [3.8, 4) is 5.75 Å². The Kier molecular flexibility index (Phi) is 5.22. The lowest BCUT2D eigenvalue weighted by atomic mass is 10.1. The third kappa shape index (κ3) is 3.90. The van der Waals surface area contributed by atoms with E-state index in [1.807, 2.05) is 0 Å². The van der Waals surface area contributed by atoms with E-state index in [9.17, 15) is 23.2 Å². The highest BCUT2D eigenvalue weighted by atomic mass is 35.5. The van der Waals surface area contributed by atoms with Crippen LogP contribution in [0.3, 0.4) is 0 Å². The van der Waals surface area contributed by atoms with E-state index in [2.05, 4.69) is 9.98 Å². The van der Waals surface area contributed by atoms with E-state index in [1.54, 1.807) is 0 Å². The van der Waals surface area contributed by atoms with Gasteiger partial charge in [-0.3, -0.25) is 4.79 Å². The van der Waals surface area contributed by atoms with Crippen LogP contribution in [0, 0.1) is 0 Å². The van der Waals surface area contributed by atoms with Gasteiger partial charge in [0.2, 0.25) is 0 Å². The van der Waals surface area contributed by atoms with E-state index in [4.69, 9.17) is 27.9 Å². The standard InChI is InChI=1S/C17H10Cl2F3N3O3/c1-28-8-4-10(9-2-3-14(17(20,21)22)23-13(9)5-8)16(26)24-15-11(18)6-25(27)7-12(15)19/h2-7,27H,1H3. The number of ether oxygens (including phenoxy) is 1. The maximum absolute atomic E-state index is 12.9. The van der Waals surface area contributed by atoms with E-state index in [-0.39, 0.29) is 37.6 Å². The van der Waals surface area contributed by atoms with E-state index >= 15 is 0 Å². The Balaban J connectivity index is 2.22. The van der Waals surface area contributed by atoms with Crippen molar-refractivity contribution in [1.82, 2.24) is 9.71 Å². The van der Waals surface area contributed by atoms with E-state index in [1.165, 1.54) is 19.2 Å². The lowest BCUT2D eigenvalue weighted by Gasteiger charge is -2.10. The number of hydrogen-bond acceptors (Lipinski definition) is 4. The monoisotopic (exact) mass is 431 g/mol. The van der Waals surface area contributed by atoms with Gasteiger partial charge in [-0.2, -0.15) is 17.9 Å². The lowest BCUT2D eigenvalue weighted by Crippen LogP contribution is -2.13. The average Bonchev–Trinajstić information content (AvgIpc) is 2.62. The molecule has 0 spiro atoms. The Labute approximate surface area is 165 Å². The molecule has 6 nitrogen and oxygen atoms in total. The zero-order valence-corrected chi connectivity index (χ0v) is 15.5. The summed E-state index contributed by atoms with van der Waals surface area (Å²) in [6, 6.07) is 4.49. The summed E-state index contributed by atoms with van der Waals surface area (Å²) in [5, 5.41) is 9.21. The van der Waals surface area contributed by atoms with Crippen molar-refractivity contribution in [2.45, 2.75) is 6.18 Å². The summed E-state index contributed by atoms with van der Waals surface area (Å²) in [5.74, 6) is -0.707. The van der Waals surface area contributed by atoms with Crippen LogP contribution in [-0.2, 0) is 6.18 Å². The summed E-state index contributed by atoms with van der Waals surface area (Å²) in [7, 11) is 1.30. The normalized spacial score (nSPS) is 11.5. The molecule has 0 radical (unpaired) electrons. The van der Waals surface area contributed by atoms with Crippen molar-refractivity contribution < 1.29 is 27.9 Å². The molecule has 0 bridgehead atoms. The smallest absolute Gasteiger partial charge is 0.433 e. The number of rotatable bonds is 2. The quantitative estimate of drug-likeness (QED) is 0.611. The van der Waals surface area contributed by atoms with Crippen LogP contribution in [0.15, 0.2) is 41.7 Å². The van der Waals surface area contributed by atoms with Crippen LogP contribution in [0.2, 0.25) is 10.0 Å². The predicted molar refractivity (Wildman–Crippen MR) is 94.8 cm³/mol. The van der Waals surface area contributed by atoms with Gasteiger partial charge in [-0.25, -0.2) is 9.98 Å². The molecule has 1 N–H and O–H groups in total. The number of carbonyl (C=O) groups excluding carboxylic acids is 1. The van der Waals surface area contributed by atoms with Gasteiger partial charge in [0.25, 0.3) is 5.91 Å². The molecule has 28 heavy (non-hydrogen) atoms. The van der Waals surface area contributed by atoms with Crippen LogP contribution < -0.4 is 10.1 Å². The van der Waals surface area contributed by atoms with Crippen molar-refractivity contribution in [2.75, 3.05) is 7.11 Å². The second-order valence-corrected chi connectivity index (χ2v) is 6.35. The zero-order valence-electron chi connectivity index (χ0n) is 14.0. The molecule has 3 rings (SSSR count). The molecule has 1 aromatic carbocycles. The van der Waals surface area contributed by atoms with Gasteiger partial charge in [0.15, 0.2) is 0 Å². The summed E-state index contributed by atoms with van der Waals surface area (Å²) in [6.45, 7) is 0. The molecule has 2 heterocycles. The Hall–Kier alpha value is -2.78. The third-order valence-electron chi connectivity index (χ3n) is 3.69. The molecule has 1 amide bonds. The first-order chi connectivity index (χ1) is 13.1. The number of fused-ring (bicyclic) bond motifs is 1. The molecule has 0 fully saturated rings. The number of aromatic nitrogens is 2. The topological polar surface area (TPSA) is 76.7 Å². The maximum atomic E-state index is 12.9. The number of carbonyl (C=O) groups is 1. The van der Waals surface area contributed by atoms with Crippen LogP contribution in [0.5, 0.6) is 5.75 Å². The third-order valence-corrected chi connectivity index (χ3v) is 4.25. The molecule has 146 valence electrons. The van der Waals surface area contributed by atoms with Crippen molar-refractivity contribution in [3.63, 3.8) is 0 Å². The predicted octanol–water partition coefficient (Wildman–Crippen LogP) is 4.35. The molecule has 2 aromatic heterocycles. The lowest BCUT2D eigenvalue weighted by molar-refractivity contribution is -0.140. The Morgan fingerprint density at radius 3 is 2.43 bits per heavy atom. The Bertz CT molecular complexity index is 1130. The van der Waals surface area contributed by atoms with Gasteiger partial charge in [0.1, 0.15) is 16.8 Å². The van der Waals surface area contributed by atoms with Crippen LogP contribution in [0.4, 0.5) is 13.2 Å². The van der Waals surface area contributed by atoms with Gasteiger partial charge in [-0.1, -0.05) is 23.2 Å². The number of hydrogen-bond donors (Lipinski definition) is 1. The molecule has 0 aliphatic rings. The molecule has 11 heteroatoms. The van der Waals surface area contributed by atoms with Crippen molar-refractivity contribution in [1.29, 1.82) is 0 Å². The van der Waals surface area contributed by atoms with Crippen LogP contribution >= 0.6 is 23.2 Å². The van der Waals surface area contributed by atoms with Crippen LogP contribution in [0.1, 0.15) is 16.1 Å². The number of nitrogens with zero attached hydrogens (tertiary/aromatic N) is 3. The van der Waals surface area contributed by atoms with Gasteiger partial charge < -0.3 is 9.94 Å². The minimum Gasteiger partial charge on any atom is -0.497 e. The second kappa shape index (κ2) is 7.33. The zero-order chi connectivity index (χ0) is 20.6. The molecule has 3 aromatic rings. The molecule has 0 saturated heterocycles. The number of alkyl halides is 3. The highest BCUT2D eigenvalue weighted by Gasteiger charge is 2.32. The fourth-order valence-electron chi connectivity index (χ4n) is 2.44. The first kappa shape index (κ1) is 20.0. The number of amides is 1. The largest absolute Gasteiger partial charge is 0.497 e. The fourth-order valence-corrected chi connectivity index (χ4v) is 2.97. The fraction of sp³-hybridized carbons (Fsp3) is 0.118. The van der Waals surface area contributed by atoms with E-state index < -0.39 is 17.8 Å². The highest BCUT2D eigenvalue weighted by Crippen LogP contribution is 2.31. The van der Waals surface area contributed by atoms with Crippen LogP contribution in [-0.4, -0.2) is 27.9 Å². The summed E-state index contributed by atoms with van der Waals surface area (Å²) >= 11 is 11.9. The molecule has 0 aliphatic carbocycles. The SMILES string of the molecule is COc1cc(C(=O)N=c2c(Cl)cn(O)cc2Cl)c2ccc(C(F)(F)F)nc2c1. The molecule has 0 unspecified atom stereocenters. The Morgan fingerprint density at radius 1 is 1.21 bits per heavy atom. The van der Waals surface area contributed by atoms with Crippen molar-refractivity contribution in [2.24, 2.45) is 4.99 Å². The van der Waals surface area contributed by atoms with Gasteiger partial charge in [-0.05, 0) is 18.2 Å². The molecular formula is C17H10Cl2F3N3O3. The van der Waals surface area contributed by atoms with Gasteiger partial charge in [0, 0.05) is 11.5 Å². The van der Waals surface area contributed by atoms with Gasteiger partial charge in [0.05, 0.1) is 40.6 Å². The molecule has 0 aliphatic heterocycles. The number of benzene rings is 1. The number of pyridine rings is 2. The van der Waals surface area contributed by atoms with Gasteiger partial charge >= 0.3 is 6.18 Å². The first-order valence-corrected chi connectivity index (χ1v) is 8.27. The molecular weight excluding hydrogens is 422 g/mol. The summed E-state index contributed by atoms with van der Waals surface area (Å²) in [6.07, 6.45) is -2.50. The van der Waals surface area contributed by atoms with Crippen molar-refractivity contribution >= 4 is 40.0 Å². The summed E-state index contributed by atoms with van der Waals surface area (Å²) < 4.78 is 44.4. The summed E-state index contributed by atoms with van der Waals surface area (Å²) in [4.78, 5) is 20.1. The van der Waals surface area contributed by atoms with Crippen LogP contribution in [0.25, 0.3) is 10.9 Å². The number of methoxy groups -OCH3 is 1. The van der Waals surface area contributed by atoms with Crippen molar-refractivity contribution in [3.05, 3.63) is 63.3 Å². The minimum atomic E-state index is -4.64. The highest BCUT2D eigenvalue weighted by molar-refractivity contribution is 6.34. The molecule has 0 saturated carbocycles.